The number of hydrogen-bond acceptors (Lipinski definition) is 2. The van der Waals surface area contributed by atoms with Crippen molar-refractivity contribution in [3.63, 3.8) is 0 Å². The number of imidazole rings is 1. The average molecular weight is 259 g/mol. The molecule has 0 aliphatic rings. The molecule has 3 heteroatoms. The van der Waals surface area contributed by atoms with Crippen LogP contribution >= 0.6 is 0 Å². The first-order valence-corrected chi connectivity index (χ1v) is 6.41. The molecule has 3 nitrogen and oxygen atoms in total. The minimum atomic E-state index is 0.684. The van der Waals surface area contributed by atoms with Crippen LogP contribution in [0, 0.1) is 11.3 Å². The molecule has 0 radical (unpaired) electrons. The molecule has 0 fully saturated rings. The van der Waals surface area contributed by atoms with Crippen LogP contribution in [0.15, 0.2) is 67.1 Å². The van der Waals surface area contributed by atoms with Gasteiger partial charge in [-0.25, -0.2) is 4.98 Å². The minimum Gasteiger partial charge on any atom is -0.326 e. The lowest BCUT2D eigenvalue weighted by Gasteiger charge is -2.08. The highest BCUT2D eigenvalue weighted by molar-refractivity contribution is 5.58. The second-order valence-electron chi connectivity index (χ2n) is 4.58. The number of nitriles is 1. The monoisotopic (exact) mass is 259 g/mol. The molecule has 0 bridgehead atoms. The zero-order chi connectivity index (χ0) is 13.8. The number of rotatable bonds is 3. The van der Waals surface area contributed by atoms with Gasteiger partial charge in [0.05, 0.1) is 29.9 Å². The third kappa shape index (κ3) is 2.45. The van der Waals surface area contributed by atoms with Gasteiger partial charge in [0, 0.05) is 6.54 Å². The molecule has 0 spiro atoms. The first-order valence-electron chi connectivity index (χ1n) is 6.41. The highest BCUT2D eigenvalue weighted by Gasteiger charge is 2.05. The van der Waals surface area contributed by atoms with Gasteiger partial charge in [-0.1, -0.05) is 42.5 Å². The van der Waals surface area contributed by atoms with E-state index >= 15 is 0 Å². The fourth-order valence-electron chi connectivity index (χ4n) is 2.23. The molecule has 96 valence electrons. The lowest BCUT2D eigenvalue weighted by molar-refractivity contribution is 0.804. The fourth-order valence-corrected chi connectivity index (χ4v) is 2.23. The van der Waals surface area contributed by atoms with Crippen LogP contribution in [0.4, 0.5) is 0 Å². The molecule has 0 saturated carbocycles. The van der Waals surface area contributed by atoms with E-state index in [0.29, 0.717) is 12.1 Å². The van der Waals surface area contributed by atoms with E-state index < -0.39 is 0 Å². The van der Waals surface area contributed by atoms with Crippen LogP contribution in [0.1, 0.15) is 11.1 Å². The molecule has 0 unspecified atom stereocenters. The third-order valence-corrected chi connectivity index (χ3v) is 3.19. The summed E-state index contributed by atoms with van der Waals surface area (Å²) in [5, 5.41) is 8.95. The van der Waals surface area contributed by atoms with E-state index in [0.717, 1.165) is 16.8 Å². The van der Waals surface area contributed by atoms with E-state index in [-0.39, 0.29) is 0 Å². The predicted octanol–water partition coefficient (Wildman–Crippen LogP) is 3.47. The molecule has 20 heavy (non-hydrogen) atoms. The van der Waals surface area contributed by atoms with Crippen LogP contribution in [0.2, 0.25) is 0 Å². The standard InChI is InChI=1S/C17H13N3/c18-10-14-5-4-6-15(9-14)12-20-13-19-11-17(20)16-7-2-1-3-8-16/h1-9,11,13H,12H2. The highest BCUT2D eigenvalue weighted by Crippen LogP contribution is 2.19. The summed E-state index contributed by atoms with van der Waals surface area (Å²) in [7, 11) is 0. The summed E-state index contributed by atoms with van der Waals surface area (Å²) in [6, 6.07) is 20.0. The molecule has 0 N–H and O–H groups in total. The summed E-state index contributed by atoms with van der Waals surface area (Å²) < 4.78 is 2.09. The Labute approximate surface area is 117 Å². The Kier molecular flexibility index (Phi) is 3.30. The van der Waals surface area contributed by atoms with E-state index in [2.05, 4.69) is 27.8 Å². The van der Waals surface area contributed by atoms with Gasteiger partial charge in [0.1, 0.15) is 0 Å². The smallest absolute Gasteiger partial charge is 0.0991 e. The second kappa shape index (κ2) is 5.41. The van der Waals surface area contributed by atoms with Gasteiger partial charge in [-0.05, 0) is 23.3 Å². The van der Waals surface area contributed by atoms with E-state index in [4.69, 9.17) is 5.26 Å². The van der Waals surface area contributed by atoms with E-state index in [1.807, 2.05) is 55.0 Å². The molecule has 2 aromatic carbocycles. The first kappa shape index (κ1) is 12.2. The Hall–Kier alpha value is -2.86. The van der Waals surface area contributed by atoms with Crippen LogP contribution in [-0.4, -0.2) is 9.55 Å². The molecule has 0 aliphatic carbocycles. The summed E-state index contributed by atoms with van der Waals surface area (Å²) in [6.45, 7) is 0.708. The minimum absolute atomic E-state index is 0.684. The molecule has 1 heterocycles. The zero-order valence-electron chi connectivity index (χ0n) is 10.9. The lowest BCUT2D eigenvalue weighted by Crippen LogP contribution is -2.00. The van der Waals surface area contributed by atoms with Crippen molar-refractivity contribution in [3.8, 4) is 17.3 Å². The van der Waals surface area contributed by atoms with Crippen molar-refractivity contribution in [3.05, 3.63) is 78.2 Å². The normalized spacial score (nSPS) is 10.2. The number of aromatic nitrogens is 2. The first-order chi connectivity index (χ1) is 9.86. The molecular formula is C17H13N3. The Balaban J connectivity index is 1.93. The predicted molar refractivity (Wildman–Crippen MR) is 77.9 cm³/mol. The largest absolute Gasteiger partial charge is 0.326 e. The topological polar surface area (TPSA) is 41.6 Å². The number of nitrogens with zero attached hydrogens (tertiary/aromatic N) is 3. The van der Waals surface area contributed by atoms with Crippen molar-refractivity contribution in [1.29, 1.82) is 5.26 Å². The zero-order valence-corrected chi connectivity index (χ0v) is 10.9. The van der Waals surface area contributed by atoms with Gasteiger partial charge in [0.15, 0.2) is 0 Å². The molecular weight excluding hydrogens is 246 g/mol. The van der Waals surface area contributed by atoms with Gasteiger partial charge in [-0.3, -0.25) is 0 Å². The van der Waals surface area contributed by atoms with Crippen molar-refractivity contribution in [2.45, 2.75) is 6.54 Å². The van der Waals surface area contributed by atoms with Gasteiger partial charge >= 0.3 is 0 Å². The van der Waals surface area contributed by atoms with Gasteiger partial charge in [-0.15, -0.1) is 0 Å². The quantitative estimate of drug-likeness (QED) is 0.722. The van der Waals surface area contributed by atoms with Crippen LogP contribution in [0.25, 0.3) is 11.3 Å². The molecule has 0 saturated heterocycles. The average Bonchev–Trinajstić information content (AvgIpc) is 2.96. The second-order valence-corrected chi connectivity index (χ2v) is 4.58. The van der Waals surface area contributed by atoms with E-state index in [1.165, 1.54) is 0 Å². The maximum absolute atomic E-state index is 8.95. The van der Waals surface area contributed by atoms with E-state index in [9.17, 15) is 0 Å². The van der Waals surface area contributed by atoms with Crippen molar-refractivity contribution in [1.82, 2.24) is 9.55 Å². The summed E-state index contributed by atoms with van der Waals surface area (Å²) >= 11 is 0. The highest BCUT2D eigenvalue weighted by atomic mass is 15.0. The van der Waals surface area contributed by atoms with E-state index in [1.54, 1.807) is 0 Å². The van der Waals surface area contributed by atoms with Gasteiger partial charge < -0.3 is 4.57 Å². The summed E-state index contributed by atoms with van der Waals surface area (Å²) in [6.07, 6.45) is 3.69. The van der Waals surface area contributed by atoms with Gasteiger partial charge in [0.2, 0.25) is 0 Å². The van der Waals surface area contributed by atoms with Gasteiger partial charge in [0.25, 0.3) is 0 Å². The third-order valence-electron chi connectivity index (χ3n) is 3.19. The van der Waals surface area contributed by atoms with Crippen LogP contribution < -0.4 is 0 Å². The fraction of sp³-hybridized carbons (Fsp3) is 0.0588. The molecule has 3 aromatic rings. The maximum Gasteiger partial charge on any atom is 0.0991 e. The van der Waals surface area contributed by atoms with Crippen LogP contribution in [0.5, 0.6) is 0 Å². The Morgan fingerprint density at radius 2 is 1.90 bits per heavy atom. The van der Waals surface area contributed by atoms with Crippen LogP contribution in [-0.2, 0) is 6.54 Å². The molecule has 3 rings (SSSR count). The Bertz CT molecular complexity index is 751. The van der Waals surface area contributed by atoms with Crippen molar-refractivity contribution >= 4 is 0 Å². The lowest BCUT2D eigenvalue weighted by atomic mass is 10.1. The molecule has 1 aromatic heterocycles. The van der Waals surface area contributed by atoms with Crippen molar-refractivity contribution in [2.24, 2.45) is 0 Å². The van der Waals surface area contributed by atoms with Crippen molar-refractivity contribution in [2.75, 3.05) is 0 Å². The summed E-state index contributed by atoms with van der Waals surface area (Å²) in [5.41, 5.74) is 4.00. The van der Waals surface area contributed by atoms with Crippen molar-refractivity contribution < 1.29 is 0 Å². The Morgan fingerprint density at radius 1 is 1.05 bits per heavy atom. The summed E-state index contributed by atoms with van der Waals surface area (Å²) in [4.78, 5) is 4.24. The number of benzene rings is 2. The van der Waals surface area contributed by atoms with Gasteiger partial charge in [-0.2, -0.15) is 5.26 Å². The van der Waals surface area contributed by atoms with Crippen LogP contribution in [0.3, 0.4) is 0 Å². The number of hydrogen-bond donors (Lipinski definition) is 0. The molecule has 0 atom stereocenters. The molecule has 0 aliphatic heterocycles. The molecule has 0 amide bonds. The maximum atomic E-state index is 8.95. The SMILES string of the molecule is N#Cc1cccc(Cn2cncc2-c2ccccc2)c1. The Morgan fingerprint density at radius 3 is 2.70 bits per heavy atom. The summed E-state index contributed by atoms with van der Waals surface area (Å²) in [5.74, 6) is 0.